The molecule has 1 aromatic heterocycles. The van der Waals surface area contributed by atoms with E-state index in [0.717, 1.165) is 22.8 Å². The molecule has 0 aliphatic rings. The van der Waals surface area contributed by atoms with Crippen LogP contribution in [-0.4, -0.2) is 9.78 Å². The Kier molecular flexibility index (Phi) is 3.37. The summed E-state index contributed by atoms with van der Waals surface area (Å²) in [6, 6.07) is 9.75. The van der Waals surface area contributed by atoms with Gasteiger partial charge in [-0.15, -0.1) is 12.4 Å². The van der Waals surface area contributed by atoms with Gasteiger partial charge in [-0.25, -0.2) is 4.68 Å². The van der Waals surface area contributed by atoms with E-state index in [1.54, 1.807) is 0 Å². The molecule has 0 saturated carbocycles. The first-order valence-corrected chi connectivity index (χ1v) is 4.56. The SMILES string of the molecule is Cc1cc(C)n(-c2ccc(N)cc2)n1.Cl. The second-order valence-corrected chi connectivity index (χ2v) is 3.43. The predicted octanol–water partition coefficient (Wildman–Crippen LogP) is 2.49. The van der Waals surface area contributed by atoms with Crippen LogP contribution in [0.25, 0.3) is 5.69 Å². The Labute approximate surface area is 95.3 Å². The zero-order chi connectivity index (χ0) is 10.1. The minimum absolute atomic E-state index is 0. The summed E-state index contributed by atoms with van der Waals surface area (Å²) in [6.07, 6.45) is 0. The van der Waals surface area contributed by atoms with Crippen molar-refractivity contribution in [3.8, 4) is 5.69 Å². The molecule has 15 heavy (non-hydrogen) atoms. The van der Waals surface area contributed by atoms with Crippen molar-refractivity contribution in [3.63, 3.8) is 0 Å². The normalized spacial score (nSPS) is 9.73. The van der Waals surface area contributed by atoms with Crippen molar-refractivity contribution in [1.82, 2.24) is 9.78 Å². The van der Waals surface area contributed by atoms with Crippen molar-refractivity contribution in [1.29, 1.82) is 0 Å². The number of hydrogen-bond acceptors (Lipinski definition) is 2. The first-order valence-electron chi connectivity index (χ1n) is 4.56. The molecule has 1 aromatic carbocycles. The van der Waals surface area contributed by atoms with Gasteiger partial charge in [-0.2, -0.15) is 5.10 Å². The second kappa shape index (κ2) is 4.36. The van der Waals surface area contributed by atoms with Crippen molar-refractivity contribution >= 4 is 18.1 Å². The predicted molar refractivity (Wildman–Crippen MR) is 64.7 cm³/mol. The lowest BCUT2D eigenvalue weighted by molar-refractivity contribution is 0.834. The number of hydrogen-bond donors (Lipinski definition) is 1. The largest absolute Gasteiger partial charge is 0.399 e. The Balaban J connectivity index is 0.00000112. The van der Waals surface area contributed by atoms with E-state index in [-0.39, 0.29) is 12.4 Å². The van der Waals surface area contributed by atoms with Crippen LogP contribution in [0.2, 0.25) is 0 Å². The highest BCUT2D eigenvalue weighted by molar-refractivity contribution is 5.85. The van der Waals surface area contributed by atoms with E-state index < -0.39 is 0 Å². The molecule has 4 heteroatoms. The van der Waals surface area contributed by atoms with Gasteiger partial charge >= 0.3 is 0 Å². The molecule has 80 valence electrons. The molecule has 0 aliphatic heterocycles. The Bertz CT molecular complexity index is 445. The summed E-state index contributed by atoms with van der Waals surface area (Å²) in [5.74, 6) is 0. The van der Waals surface area contributed by atoms with Crippen LogP contribution in [-0.2, 0) is 0 Å². The van der Waals surface area contributed by atoms with E-state index >= 15 is 0 Å². The monoisotopic (exact) mass is 223 g/mol. The summed E-state index contributed by atoms with van der Waals surface area (Å²) in [5.41, 5.74) is 9.60. The third kappa shape index (κ3) is 2.30. The van der Waals surface area contributed by atoms with E-state index in [1.165, 1.54) is 0 Å². The van der Waals surface area contributed by atoms with Gasteiger partial charge in [0.2, 0.25) is 0 Å². The van der Waals surface area contributed by atoms with Gasteiger partial charge in [0.25, 0.3) is 0 Å². The highest BCUT2D eigenvalue weighted by Crippen LogP contribution is 2.13. The molecule has 0 bridgehead atoms. The van der Waals surface area contributed by atoms with Gasteiger partial charge in [-0.05, 0) is 44.2 Å². The summed E-state index contributed by atoms with van der Waals surface area (Å²) in [6.45, 7) is 4.02. The highest BCUT2D eigenvalue weighted by Gasteiger charge is 2.02. The lowest BCUT2D eigenvalue weighted by atomic mass is 10.3. The Morgan fingerprint density at radius 3 is 2.20 bits per heavy atom. The van der Waals surface area contributed by atoms with E-state index in [4.69, 9.17) is 5.73 Å². The molecule has 0 saturated heterocycles. The van der Waals surface area contributed by atoms with Gasteiger partial charge in [0, 0.05) is 11.4 Å². The van der Waals surface area contributed by atoms with Gasteiger partial charge in [0.15, 0.2) is 0 Å². The van der Waals surface area contributed by atoms with Gasteiger partial charge in [-0.3, -0.25) is 0 Å². The number of nitrogen functional groups attached to an aromatic ring is 1. The molecular weight excluding hydrogens is 210 g/mol. The molecule has 0 fully saturated rings. The van der Waals surface area contributed by atoms with Crippen LogP contribution in [0.1, 0.15) is 11.4 Å². The minimum Gasteiger partial charge on any atom is -0.399 e. The average molecular weight is 224 g/mol. The van der Waals surface area contributed by atoms with Gasteiger partial charge in [0.1, 0.15) is 0 Å². The molecule has 1 heterocycles. The highest BCUT2D eigenvalue weighted by atomic mass is 35.5. The molecule has 2 aromatic rings. The third-order valence-corrected chi connectivity index (χ3v) is 2.15. The van der Waals surface area contributed by atoms with Crippen LogP contribution in [0, 0.1) is 13.8 Å². The Morgan fingerprint density at radius 1 is 1.13 bits per heavy atom. The van der Waals surface area contributed by atoms with Crippen molar-refractivity contribution in [2.24, 2.45) is 0 Å². The van der Waals surface area contributed by atoms with Crippen molar-refractivity contribution in [3.05, 3.63) is 41.7 Å². The van der Waals surface area contributed by atoms with Crippen molar-refractivity contribution in [2.45, 2.75) is 13.8 Å². The zero-order valence-electron chi connectivity index (χ0n) is 8.77. The van der Waals surface area contributed by atoms with Crippen molar-refractivity contribution < 1.29 is 0 Å². The van der Waals surface area contributed by atoms with E-state index in [9.17, 15) is 0 Å². The molecule has 0 spiro atoms. The minimum atomic E-state index is 0. The zero-order valence-corrected chi connectivity index (χ0v) is 9.58. The van der Waals surface area contributed by atoms with Gasteiger partial charge in [0.05, 0.1) is 11.4 Å². The molecule has 0 unspecified atom stereocenters. The first kappa shape index (κ1) is 11.6. The van der Waals surface area contributed by atoms with E-state index in [1.807, 2.05) is 42.8 Å². The molecule has 2 N–H and O–H groups in total. The lowest BCUT2D eigenvalue weighted by Crippen LogP contribution is -1.98. The average Bonchev–Trinajstić information content (AvgIpc) is 2.47. The van der Waals surface area contributed by atoms with E-state index in [0.29, 0.717) is 0 Å². The molecular formula is C11H14ClN3. The maximum absolute atomic E-state index is 5.62. The molecule has 3 nitrogen and oxygen atoms in total. The number of nitrogens with zero attached hydrogens (tertiary/aromatic N) is 2. The summed E-state index contributed by atoms with van der Waals surface area (Å²) >= 11 is 0. The summed E-state index contributed by atoms with van der Waals surface area (Å²) in [4.78, 5) is 0. The fourth-order valence-electron chi connectivity index (χ4n) is 1.51. The number of anilines is 1. The first-order chi connectivity index (χ1) is 6.66. The number of nitrogens with two attached hydrogens (primary N) is 1. The van der Waals surface area contributed by atoms with Crippen LogP contribution in [0.4, 0.5) is 5.69 Å². The molecule has 0 atom stereocenters. The van der Waals surface area contributed by atoms with Gasteiger partial charge < -0.3 is 5.73 Å². The van der Waals surface area contributed by atoms with Crippen LogP contribution < -0.4 is 5.73 Å². The molecule has 2 rings (SSSR count). The fraction of sp³-hybridized carbons (Fsp3) is 0.182. The van der Waals surface area contributed by atoms with E-state index in [2.05, 4.69) is 11.2 Å². The topological polar surface area (TPSA) is 43.8 Å². The number of benzene rings is 1. The van der Waals surface area contributed by atoms with Gasteiger partial charge in [-0.1, -0.05) is 0 Å². The summed E-state index contributed by atoms with van der Waals surface area (Å²) in [5, 5.41) is 4.39. The maximum atomic E-state index is 5.62. The van der Waals surface area contributed by atoms with Crippen LogP contribution in [0.5, 0.6) is 0 Å². The molecule has 0 aliphatic carbocycles. The van der Waals surface area contributed by atoms with Crippen molar-refractivity contribution in [2.75, 3.05) is 5.73 Å². The number of aryl methyl sites for hydroxylation is 2. The Hall–Kier alpha value is -1.48. The number of rotatable bonds is 1. The molecule has 0 amide bonds. The summed E-state index contributed by atoms with van der Waals surface area (Å²) in [7, 11) is 0. The van der Waals surface area contributed by atoms with Crippen LogP contribution >= 0.6 is 12.4 Å². The number of halogens is 1. The fourth-order valence-corrected chi connectivity index (χ4v) is 1.51. The smallest absolute Gasteiger partial charge is 0.0650 e. The second-order valence-electron chi connectivity index (χ2n) is 3.43. The van der Waals surface area contributed by atoms with Crippen LogP contribution in [0.15, 0.2) is 30.3 Å². The molecule has 0 radical (unpaired) electrons. The standard InChI is InChI=1S/C11H13N3.ClH/c1-8-7-9(2)14(13-8)11-5-3-10(12)4-6-11;/h3-7H,12H2,1-2H3;1H. The lowest BCUT2D eigenvalue weighted by Gasteiger charge is -2.03. The van der Waals surface area contributed by atoms with Crippen LogP contribution in [0.3, 0.4) is 0 Å². The third-order valence-electron chi connectivity index (χ3n) is 2.15. The quantitative estimate of drug-likeness (QED) is 0.755. The summed E-state index contributed by atoms with van der Waals surface area (Å²) < 4.78 is 1.91. The maximum Gasteiger partial charge on any atom is 0.0650 e. The Morgan fingerprint density at radius 2 is 1.73 bits per heavy atom. The number of aromatic nitrogens is 2.